The number of aromatic nitrogens is 1. The van der Waals surface area contributed by atoms with Gasteiger partial charge in [0.05, 0.1) is 26.7 Å². The van der Waals surface area contributed by atoms with Gasteiger partial charge in [-0.2, -0.15) is 4.31 Å². The van der Waals surface area contributed by atoms with E-state index in [9.17, 15) is 13.5 Å². The molecule has 6 nitrogen and oxygen atoms in total. The zero-order valence-corrected chi connectivity index (χ0v) is 18.9. The van der Waals surface area contributed by atoms with Crippen LogP contribution in [-0.2, 0) is 16.4 Å². The molecular weight excluding hydrogens is 418 g/mol. The number of aliphatic hydroxyl groups is 1. The molecule has 8 heteroatoms. The summed E-state index contributed by atoms with van der Waals surface area (Å²) in [6, 6.07) is 14.4. The molecule has 0 aliphatic heterocycles. The van der Waals surface area contributed by atoms with Gasteiger partial charge in [0.1, 0.15) is 0 Å². The van der Waals surface area contributed by atoms with Gasteiger partial charge in [-0.05, 0) is 42.5 Å². The van der Waals surface area contributed by atoms with Crippen molar-refractivity contribution in [3.8, 4) is 0 Å². The topological polar surface area (TPSA) is 96.5 Å². The molecule has 0 spiro atoms. The van der Waals surface area contributed by atoms with Crippen LogP contribution in [0.2, 0.25) is 0 Å². The summed E-state index contributed by atoms with van der Waals surface area (Å²) >= 11 is 1.40. The van der Waals surface area contributed by atoms with E-state index in [1.54, 1.807) is 23.7 Å². The Bertz CT molecular complexity index is 1050. The van der Waals surface area contributed by atoms with Crippen molar-refractivity contribution in [2.24, 2.45) is 11.7 Å². The van der Waals surface area contributed by atoms with Crippen LogP contribution in [-0.4, -0.2) is 48.0 Å². The maximum absolute atomic E-state index is 13.3. The van der Waals surface area contributed by atoms with Gasteiger partial charge >= 0.3 is 0 Å². The van der Waals surface area contributed by atoms with Crippen LogP contribution in [0.1, 0.15) is 25.8 Å². The number of sulfonamides is 1. The van der Waals surface area contributed by atoms with E-state index in [4.69, 9.17) is 5.73 Å². The van der Waals surface area contributed by atoms with Crippen LogP contribution in [0.4, 0.5) is 0 Å². The fraction of sp³-hybridized carbons (Fsp3) is 0.409. The number of nitrogens with zero attached hydrogens (tertiary/aromatic N) is 2. The van der Waals surface area contributed by atoms with E-state index in [0.717, 1.165) is 22.2 Å². The molecule has 3 rings (SSSR count). The maximum atomic E-state index is 13.3. The van der Waals surface area contributed by atoms with E-state index < -0.39 is 22.2 Å². The first-order valence-corrected chi connectivity index (χ1v) is 12.4. The van der Waals surface area contributed by atoms with E-state index >= 15 is 0 Å². The Morgan fingerprint density at radius 1 is 1.13 bits per heavy atom. The quantitative estimate of drug-likeness (QED) is 0.497. The second kappa shape index (κ2) is 9.98. The average Bonchev–Trinajstić information content (AvgIpc) is 3.19. The number of hydrogen-bond acceptors (Lipinski definition) is 6. The summed E-state index contributed by atoms with van der Waals surface area (Å²) in [5.74, 6) is 0.111. The van der Waals surface area contributed by atoms with Crippen molar-refractivity contribution in [2.75, 3.05) is 13.1 Å². The first-order chi connectivity index (χ1) is 14.3. The molecule has 0 fully saturated rings. The molecule has 3 aromatic rings. The smallest absolute Gasteiger partial charge is 0.243 e. The first kappa shape index (κ1) is 22.8. The van der Waals surface area contributed by atoms with E-state index in [1.807, 2.05) is 44.2 Å². The number of benzene rings is 2. The minimum Gasteiger partial charge on any atom is -0.390 e. The minimum absolute atomic E-state index is 0.0306. The summed E-state index contributed by atoms with van der Waals surface area (Å²) in [5.41, 5.74) is 9.82. The van der Waals surface area contributed by atoms with Crippen LogP contribution < -0.4 is 5.73 Å². The normalized spacial score (nSPS) is 14.5. The highest BCUT2D eigenvalue weighted by Crippen LogP contribution is 2.25. The van der Waals surface area contributed by atoms with E-state index in [0.29, 0.717) is 13.0 Å². The Balaban J connectivity index is 1.73. The molecule has 3 N–H and O–H groups in total. The van der Waals surface area contributed by atoms with Crippen LogP contribution in [0.25, 0.3) is 10.2 Å². The highest BCUT2D eigenvalue weighted by atomic mass is 32.2. The highest BCUT2D eigenvalue weighted by molar-refractivity contribution is 7.89. The summed E-state index contributed by atoms with van der Waals surface area (Å²) in [6.45, 7) is 4.19. The van der Waals surface area contributed by atoms with Crippen LogP contribution in [0, 0.1) is 5.92 Å². The van der Waals surface area contributed by atoms with Gasteiger partial charge in [0, 0.05) is 19.1 Å². The van der Waals surface area contributed by atoms with Crippen molar-refractivity contribution >= 4 is 31.6 Å². The summed E-state index contributed by atoms with van der Waals surface area (Å²) < 4.78 is 28.8. The molecule has 162 valence electrons. The lowest BCUT2D eigenvalue weighted by Crippen LogP contribution is -2.46. The third kappa shape index (κ3) is 5.65. The molecule has 0 aliphatic rings. The summed E-state index contributed by atoms with van der Waals surface area (Å²) in [6.07, 6.45) is 0.361. The molecule has 0 amide bonds. The fourth-order valence-corrected chi connectivity index (χ4v) is 5.78. The van der Waals surface area contributed by atoms with Gasteiger partial charge in [0.15, 0.2) is 0 Å². The number of aliphatic hydroxyl groups excluding tert-OH is 1. The maximum Gasteiger partial charge on any atom is 0.243 e. The van der Waals surface area contributed by atoms with Gasteiger partial charge in [-0.15, -0.1) is 11.3 Å². The van der Waals surface area contributed by atoms with Crippen molar-refractivity contribution in [1.82, 2.24) is 9.29 Å². The zero-order valence-electron chi connectivity index (χ0n) is 17.3. The molecule has 0 aliphatic carbocycles. The van der Waals surface area contributed by atoms with Crippen LogP contribution >= 0.6 is 11.3 Å². The van der Waals surface area contributed by atoms with Crippen molar-refractivity contribution in [3.05, 3.63) is 59.6 Å². The lowest BCUT2D eigenvalue weighted by atomic mass is 10.0. The molecule has 0 saturated heterocycles. The predicted molar refractivity (Wildman–Crippen MR) is 122 cm³/mol. The van der Waals surface area contributed by atoms with E-state index in [2.05, 4.69) is 4.98 Å². The molecule has 0 bridgehead atoms. The molecule has 2 atom stereocenters. The van der Waals surface area contributed by atoms with Crippen LogP contribution in [0.15, 0.2) is 58.9 Å². The second-order valence-corrected chi connectivity index (χ2v) is 10.8. The molecule has 30 heavy (non-hydrogen) atoms. The van der Waals surface area contributed by atoms with Crippen molar-refractivity contribution < 1.29 is 13.5 Å². The molecule has 2 aromatic carbocycles. The van der Waals surface area contributed by atoms with E-state index in [1.165, 1.54) is 15.6 Å². The van der Waals surface area contributed by atoms with Gasteiger partial charge in [0.2, 0.25) is 10.0 Å². The third-order valence-corrected chi connectivity index (χ3v) is 7.62. The Morgan fingerprint density at radius 2 is 1.87 bits per heavy atom. The number of rotatable bonds is 10. The first-order valence-electron chi connectivity index (χ1n) is 10.1. The Kier molecular flexibility index (Phi) is 7.60. The average molecular weight is 448 g/mol. The van der Waals surface area contributed by atoms with Gasteiger partial charge in [-0.25, -0.2) is 13.4 Å². The number of aryl methyl sites for hydroxylation is 1. The summed E-state index contributed by atoms with van der Waals surface area (Å²) in [4.78, 5) is 4.42. The van der Waals surface area contributed by atoms with Gasteiger partial charge in [-0.1, -0.05) is 44.2 Å². The van der Waals surface area contributed by atoms with E-state index in [-0.39, 0.29) is 17.4 Å². The lowest BCUT2D eigenvalue weighted by Gasteiger charge is -2.28. The highest BCUT2D eigenvalue weighted by Gasteiger charge is 2.29. The number of nitrogens with two attached hydrogens (primary N) is 1. The molecule has 0 saturated carbocycles. The molecule has 0 unspecified atom stereocenters. The number of thiazole rings is 1. The second-order valence-electron chi connectivity index (χ2n) is 7.95. The van der Waals surface area contributed by atoms with Crippen molar-refractivity contribution in [1.29, 1.82) is 0 Å². The summed E-state index contributed by atoms with van der Waals surface area (Å²) in [5, 5.41) is 10.7. The fourth-order valence-electron chi connectivity index (χ4n) is 3.34. The lowest BCUT2D eigenvalue weighted by molar-refractivity contribution is 0.113. The van der Waals surface area contributed by atoms with Crippen LogP contribution in [0.3, 0.4) is 0 Å². The van der Waals surface area contributed by atoms with Crippen LogP contribution in [0.5, 0.6) is 0 Å². The third-order valence-electron chi connectivity index (χ3n) is 5.00. The Labute approximate surface area is 182 Å². The zero-order chi connectivity index (χ0) is 21.7. The SMILES string of the molecule is CC(C)CN(C[C@@H](O)[C@@H](N)CCc1ccccc1)S(=O)(=O)c1ccc2ncsc2c1. The molecule has 1 heterocycles. The standard InChI is InChI=1S/C22H29N3O3S2/c1-16(2)13-25(14-21(26)19(23)10-8-17-6-4-3-5-7-17)30(27,28)18-9-11-20-22(12-18)29-15-24-20/h3-7,9,11-12,15-16,19,21,26H,8,10,13-14,23H2,1-2H3/t19-,21+/m0/s1. The van der Waals surface area contributed by atoms with Gasteiger partial charge in [-0.3, -0.25) is 0 Å². The minimum atomic E-state index is -3.76. The van der Waals surface area contributed by atoms with Crippen molar-refractivity contribution in [3.63, 3.8) is 0 Å². The number of hydrogen-bond donors (Lipinski definition) is 2. The van der Waals surface area contributed by atoms with Gasteiger partial charge < -0.3 is 10.8 Å². The number of fused-ring (bicyclic) bond motifs is 1. The Hall–Kier alpha value is -1.84. The van der Waals surface area contributed by atoms with Crippen molar-refractivity contribution in [2.45, 2.75) is 43.7 Å². The van der Waals surface area contributed by atoms with Gasteiger partial charge in [0.25, 0.3) is 0 Å². The Morgan fingerprint density at radius 3 is 2.57 bits per heavy atom. The summed E-state index contributed by atoms with van der Waals surface area (Å²) in [7, 11) is -3.76. The molecular formula is C22H29N3O3S2. The monoisotopic (exact) mass is 447 g/mol. The molecule has 1 aromatic heterocycles. The largest absolute Gasteiger partial charge is 0.390 e. The molecule has 0 radical (unpaired) electrons. The predicted octanol–water partition coefficient (Wildman–Crippen LogP) is 3.26.